The van der Waals surface area contributed by atoms with Crippen LogP contribution in [0.5, 0.6) is 5.75 Å². The highest BCUT2D eigenvalue weighted by Gasteiger charge is 2.04. The predicted octanol–water partition coefficient (Wildman–Crippen LogP) is 3.64. The van der Waals surface area contributed by atoms with E-state index in [0.717, 1.165) is 33.6 Å². The van der Waals surface area contributed by atoms with Gasteiger partial charge in [0.25, 0.3) is 0 Å². The van der Waals surface area contributed by atoms with Gasteiger partial charge in [-0.1, -0.05) is 30.0 Å². The summed E-state index contributed by atoms with van der Waals surface area (Å²) < 4.78 is 10.5. The molecule has 0 unspecified atom stereocenters. The normalized spacial score (nSPS) is 10.2. The molecule has 26 heavy (non-hydrogen) atoms. The van der Waals surface area contributed by atoms with E-state index in [1.165, 1.54) is 0 Å². The van der Waals surface area contributed by atoms with Gasteiger partial charge in [-0.3, -0.25) is 0 Å². The average molecular weight is 347 g/mol. The lowest BCUT2D eigenvalue weighted by Crippen LogP contribution is -2.03. The molecule has 1 heterocycles. The zero-order valence-electron chi connectivity index (χ0n) is 15.0. The zero-order chi connectivity index (χ0) is 18.2. The van der Waals surface area contributed by atoms with Gasteiger partial charge in [0.1, 0.15) is 17.9 Å². The van der Waals surface area contributed by atoms with Gasteiger partial charge in [0, 0.05) is 31.0 Å². The minimum Gasteiger partial charge on any atom is -0.497 e. The van der Waals surface area contributed by atoms with Crippen LogP contribution in [0.15, 0.2) is 48.8 Å². The van der Waals surface area contributed by atoms with Crippen LogP contribution in [-0.2, 0) is 11.3 Å². The van der Waals surface area contributed by atoms with Crippen LogP contribution in [0.25, 0.3) is 10.9 Å². The molecule has 3 aromatic rings. The number of aromatic nitrogens is 2. The third kappa shape index (κ3) is 4.29. The first kappa shape index (κ1) is 17.7. The topological polar surface area (TPSA) is 56.3 Å². The van der Waals surface area contributed by atoms with Crippen molar-refractivity contribution in [3.05, 3.63) is 59.9 Å². The van der Waals surface area contributed by atoms with E-state index in [2.05, 4.69) is 27.1 Å². The summed E-state index contributed by atoms with van der Waals surface area (Å²) in [6.07, 6.45) is 2.26. The van der Waals surface area contributed by atoms with Crippen molar-refractivity contribution in [1.82, 2.24) is 9.97 Å². The van der Waals surface area contributed by atoms with Crippen LogP contribution >= 0.6 is 0 Å². The molecule has 2 aromatic carbocycles. The molecule has 0 aliphatic heterocycles. The Balaban J connectivity index is 1.66. The number of anilines is 1. The second kappa shape index (κ2) is 8.84. The number of ether oxygens (including phenoxy) is 2. The van der Waals surface area contributed by atoms with Crippen molar-refractivity contribution < 1.29 is 9.47 Å². The van der Waals surface area contributed by atoms with Crippen LogP contribution in [0.3, 0.4) is 0 Å². The number of fused-ring (bicyclic) bond motifs is 1. The molecule has 0 atom stereocenters. The molecule has 5 heteroatoms. The van der Waals surface area contributed by atoms with Gasteiger partial charge in [0.15, 0.2) is 0 Å². The van der Waals surface area contributed by atoms with E-state index >= 15 is 0 Å². The molecule has 3 rings (SSSR count). The highest BCUT2D eigenvalue weighted by Crippen LogP contribution is 2.24. The Morgan fingerprint density at radius 1 is 1.08 bits per heavy atom. The standard InChI is InChI=1S/C21H21N3O2/c1-25-14-17-9-4-3-7-16(17)8-5-6-12-22-21-19-13-18(26-2)10-11-20(19)23-15-24-21/h3-4,7,9-11,13,15H,6,12,14H2,1-2H3,(H,22,23,24). The molecule has 0 amide bonds. The lowest BCUT2D eigenvalue weighted by Gasteiger charge is -2.08. The summed E-state index contributed by atoms with van der Waals surface area (Å²) in [5.74, 6) is 7.99. The van der Waals surface area contributed by atoms with Crippen LogP contribution in [-0.4, -0.2) is 30.7 Å². The molecule has 1 N–H and O–H groups in total. The van der Waals surface area contributed by atoms with Crippen LogP contribution < -0.4 is 10.1 Å². The van der Waals surface area contributed by atoms with Gasteiger partial charge in [0.2, 0.25) is 0 Å². The Morgan fingerprint density at radius 3 is 2.81 bits per heavy atom. The van der Waals surface area contributed by atoms with E-state index < -0.39 is 0 Å². The Hall–Kier alpha value is -3.10. The SMILES string of the molecule is COCc1ccccc1C#CCCNc1ncnc2ccc(OC)cc12. The molecule has 1 aromatic heterocycles. The van der Waals surface area contributed by atoms with E-state index in [1.54, 1.807) is 20.5 Å². The number of rotatable bonds is 6. The van der Waals surface area contributed by atoms with Crippen LogP contribution in [0.4, 0.5) is 5.82 Å². The molecular weight excluding hydrogens is 326 g/mol. The lowest BCUT2D eigenvalue weighted by molar-refractivity contribution is 0.184. The fourth-order valence-electron chi connectivity index (χ4n) is 2.63. The van der Waals surface area contributed by atoms with E-state index in [9.17, 15) is 0 Å². The average Bonchev–Trinajstić information content (AvgIpc) is 2.69. The zero-order valence-corrected chi connectivity index (χ0v) is 15.0. The van der Waals surface area contributed by atoms with Crippen molar-refractivity contribution >= 4 is 16.7 Å². The molecule has 0 aliphatic rings. The lowest BCUT2D eigenvalue weighted by atomic mass is 10.1. The summed E-state index contributed by atoms with van der Waals surface area (Å²) in [4.78, 5) is 8.62. The van der Waals surface area contributed by atoms with Crippen molar-refractivity contribution in [2.75, 3.05) is 26.1 Å². The molecule has 0 radical (unpaired) electrons. The van der Waals surface area contributed by atoms with E-state index in [4.69, 9.17) is 9.47 Å². The monoisotopic (exact) mass is 347 g/mol. The van der Waals surface area contributed by atoms with Crippen molar-refractivity contribution in [3.8, 4) is 17.6 Å². The maximum atomic E-state index is 5.28. The summed E-state index contributed by atoms with van der Waals surface area (Å²) in [5, 5.41) is 4.27. The Kier molecular flexibility index (Phi) is 6.02. The first-order valence-corrected chi connectivity index (χ1v) is 8.40. The maximum Gasteiger partial charge on any atom is 0.137 e. The second-order valence-corrected chi connectivity index (χ2v) is 5.67. The number of hydrogen-bond acceptors (Lipinski definition) is 5. The molecule has 0 saturated heterocycles. The maximum absolute atomic E-state index is 5.28. The quantitative estimate of drug-likeness (QED) is 0.545. The molecular formula is C21H21N3O2. The Morgan fingerprint density at radius 2 is 1.96 bits per heavy atom. The fourth-order valence-corrected chi connectivity index (χ4v) is 2.63. The molecule has 0 aliphatic carbocycles. The molecule has 132 valence electrons. The summed E-state index contributed by atoms with van der Waals surface area (Å²) in [6, 6.07) is 13.8. The van der Waals surface area contributed by atoms with Gasteiger partial charge < -0.3 is 14.8 Å². The van der Waals surface area contributed by atoms with Crippen LogP contribution in [0, 0.1) is 11.8 Å². The number of benzene rings is 2. The third-order valence-electron chi connectivity index (χ3n) is 3.93. The number of methoxy groups -OCH3 is 2. The van der Waals surface area contributed by atoms with E-state index in [-0.39, 0.29) is 0 Å². The van der Waals surface area contributed by atoms with Gasteiger partial charge in [0.05, 0.1) is 19.2 Å². The smallest absolute Gasteiger partial charge is 0.137 e. The molecule has 0 saturated carbocycles. The first-order valence-electron chi connectivity index (χ1n) is 8.40. The highest BCUT2D eigenvalue weighted by molar-refractivity contribution is 5.89. The summed E-state index contributed by atoms with van der Waals surface area (Å²) >= 11 is 0. The summed E-state index contributed by atoms with van der Waals surface area (Å²) in [6.45, 7) is 1.26. The molecule has 0 fully saturated rings. The Labute approximate surface area is 153 Å². The number of nitrogens with zero attached hydrogens (tertiary/aromatic N) is 2. The number of nitrogens with one attached hydrogen (secondary N) is 1. The second-order valence-electron chi connectivity index (χ2n) is 5.67. The fraction of sp³-hybridized carbons (Fsp3) is 0.238. The van der Waals surface area contributed by atoms with Crippen molar-refractivity contribution in [1.29, 1.82) is 0 Å². The number of hydrogen-bond donors (Lipinski definition) is 1. The van der Waals surface area contributed by atoms with E-state index in [0.29, 0.717) is 19.6 Å². The van der Waals surface area contributed by atoms with Gasteiger partial charge >= 0.3 is 0 Å². The largest absolute Gasteiger partial charge is 0.497 e. The van der Waals surface area contributed by atoms with Crippen LogP contribution in [0.1, 0.15) is 17.5 Å². The van der Waals surface area contributed by atoms with Crippen molar-refractivity contribution in [3.63, 3.8) is 0 Å². The van der Waals surface area contributed by atoms with Gasteiger partial charge in [-0.25, -0.2) is 9.97 Å². The first-order chi connectivity index (χ1) is 12.8. The molecule has 5 nitrogen and oxygen atoms in total. The van der Waals surface area contributed by atoms with Gasteiger partial charge in [-0.05, 0) is 29.8 Å². The Bertz CT molecular complexity index is 945. The van der Waals surface area contributed by atoms with Crippen molar-refractivity contribution in [2.45, 2.75) is 13.0 Å². The summed E-state index contributed by atoms with van der Waals surface area (Å²) in [5.41, 5.74) is 2.98. The van der Waals surface area contributed by atoms with Gasteiger partial charge in [-0.2, -0.15) is 0 Å². The molecule has 0 spiro atoms. The minimum atomic E-state index is 0.567. The summed E-state index contributed by atoms with van der Waals surface area (Å²) in [7, 11) is 3.34. The van der Waals surface area contributed by atoms with Crippen molar-refractivity contribution in [2.24, 2.45) is 0 Å². The van der Waals surface area contributed by atoms with Crippen LogP contribution in [0.2, 0.25) is 0 Å². The van der Waals surface area contributed by atoms with E-state index in [1.807, 2.05) is 42.5 Å². The predicted molar refractivity (Wildman–Crippen MR) is 103 cm³/mol. The third-order valence-corrected chi connectivity index (χ3v) is 3.93. The van der Waals surface area contributed by atoms with Gasteiger partial charge in [-0.15, -0.1) is 0 Å². The molecule has 0 bridgehead atoms. The minimum absolute atomic E-state index is 0.567. The highest BCUT2D eigenvalue weighted by atomic mass is 16.5.